The van der Waals surface area contributed by atoms with E-state index in [1.807, 2.05) is 47.4 Å². The molecule has 0 unspecified atom stereocenters. The molecule has 2 aliphatic rings. The fourth-order valence-electron chi connectivity index (χ4n) is 4.57. The first-order valence-corrected chi connectivity index (χ1v) is 13.5. The van der Waals surface area contributed by atoms with Gasteiger partial charge < -0.3 is 20.3 Å². The van der Waals surface area contributed by atoms with Crippen molar-refractivity contribution in [2.24, 2.45) is 0 Å². The molecule has 37 heavy (non-hydrogen) atoms. The molecule has 0 aliphatic carbocycles. The zero-order valence-corrected chi connectivity index (χ0v) is 21.2. The summed E-state index contributed by atoms with van der Waals surface area (Å²) >= 11 is 1.59. The van der Waals surface area contributed by atoms with Gasteiger partial charge in [-0.2, -0.15) is 0 Å². The number of nitrogens with one attached hydrogen (secondary N) is 2. The first-order chi connectivity index (χ1) is 18.1. The summed E-state index contributed by atoms with van der Waals surface area (Å²) in [6.45, 7) is 1.73. The van der Waals surface area contributed by atoms with Crippen molar-refractivity contribution in [2.75, 3.05) is 24.2 Å². The van der Waals surface area contributed by atoms with Crippen LogP contribution < -0.4 is 10.6 Å². The number of para-hydroxylation sites is 1. The molecule has 3 amide bonds. The molecular weight excluding hydrogens is 486 g/mol. The van der Waals surface area contributed by atoms with Gasteiger partial charge in [0.15, 0.2) is 0 Å². The Morgan fingerprint density at radius 2 is 1.70 bits per heavy atom. The van der Waals surface area contributed by atoms with Crippen molar-refractivity contribution in [1.82, 2.24) is 10.2 Å². The average molecular weight is 516 g/mol. The van der Waals surface area contributed by atoms with Crippen LogP contribution in [-0.2, 0) is 16.1 Å². The van der Waals surface area contributed by atoms with E-state index in [1.54, 1.807) is 48.2 Å². The van der Waals surface area contributed by atoms with Gasteiger partial charge in [-0.1, -0.05) is 54.6 Å². The summed E-state index contributed by atoms with van der Waals surface area (Å²) in [7, 11) is 0. The van der Waals surface area contributed by atoms with Gasteiger partial charge in [0.25, 0.3) is 11.8 Å². The first-order valence-electron chi connectivity index (χ1n) is 12.4. The summed E-state index contributed by atoms with van der Waals surface area (Å²) in [4.78, 5) is 40.2. The van der Waals surface area contributed by atoms with Gasteiger partial charge in [-0.05, 0) is 48.2 Å². The Hall–Kier alpha value is -3.62. The maximum absolute atomic E-state index is 13.0. The third-order valence-corrected chi connectivity index (χ3v) is 7.81. The molecule has 190 valence electrons. The van der Waals surface area contributed by atoms with Crippen LogP contribution in [0.3, 0.4) is 0 Å². The lowest BCUT2D eigenvalue weighted by molar-refractivity contribution is -0.128. The fraction of sp³-hybridized carbons (Fsp3) is 0.276. The van der Waals surface area contributed by atoms with Crippen molar-refractivity contribution in [2.45, 2.75) is 30.9 Å². The van der Waals surface area contributed by atoms with Gasteiger partial charge in [0.2, 0.25) is 5.91 Å². The van der Waals surface area contributed by atoms with E-state index in [1.165, 1.54) is 0 Å². The highest BCUT2D eigenvalue weighted by atomic mass is 32.2. The zero-order chi connectivity index (χ0) is 25.6. The van der Waals surface area contributed by atoms with Crippen molar-refractivity contribution in [1.29, 1.82) is 0 Å². The molecule has 0 spiro atoms. The van der Waals surface area contributed by atoms with Crippen LogP contribution in [0.5, 0.6) is 0 Å². The molecule has 3 aromatic rings. The van der Waals surface area contributed by atoms with Gasteiger partial charge in [-0.15, -0.1) is 11.8 Å². The van der Waals surface area contributed by atoms with Crippen molar-refractivity contribution >= 4 is 35.2 Å². The Morgan fingerprint density at radius 3 is 2.46 bits per heavy atom. The van der Waals surface area contributed by atoms with E-state index in [-0.39, 0.29) is 29.2 Å². The quantitative estimate of drug-likeness (QED) is 0.457. The average Bonchev–Trinajstić information content (AvgIpc) is 3.58. The highest BCUT2D eigenvalue weighted by Crippen LogP contribution is 2.39. The molecule has 2 N–H and O–H groups in total. The number of carbonyl (C=O) groups excluding carboxylic acids is 3. The number of ether oxygens (including phenoxy) is 1. The fourth-order valence-corrected chi connectivity index (χ4v) is 5.76. The highest BCUT2D eigenvalue weighted by molar-refractivity contribution is 8.00. The minimum atomic E-state index is -0.304. The second-order valence-corrected chi connectivity index (χ2v) is 10.2. The highest BCUT2D eigenvalue weighted by Gasteiger charge is 2.32. The smallest absolute Gasteiger partial charge is 0.255 e. The van der Waals surface area contributed by atoms with Crippen LogP contribution in [0.15, 0.2) is 78.9 Å². The van der Waals surface area contributed by atoms with Crippen LogP contribution in [0, 0.1) is 0 Å². The van der Waals surface area contributed by atoms with Crippen molar-refractivity contribution in [3.63, 3.8) is 0 Å². The molecule has 8 heteroatoms. The van der Waals surface area contributed by atoms with Crippen molar-refractivity contribution in [3.05, 3.63) is 101 Å². The second-order valence-electron chi connectivity index (χ2n) is 9.14. The van der Waals surface area contributed by atoms with Crippen LogP contribution in [0.1, 0.15) is 50.1 Å². The van der Waals surface area contributed by atoms with Gasteiger partial charge in [0, 0.05) is 25.3 Å². The molecule has 2 fully saturated rings. The number of hydrogen-bond acceptors (Lipinski definition) is 5. The predicted octanol–water partition coefficient (Wildman–Crippen LogP) is 4.62. The number of amides is 3. The third kappa shape index (κ3) is 6.03. The summed E-state index contributed by atoms with van der Waals surface area (Å²) in [5, 5.41) is 5.68. The maximum Gasteiger partial charge on any atom is 0.255 e. The topological polar surface area (TPSA) is 87.7 Å². The Balaban J connectivity index is 1.24. The van der Waals surface area contributed by atoms with Crippen LogP contribution in [0.4, 0.5) is 5.69 Å². The Kier molecular flexibility index (Phi) is 7.87. The van der Waals surface area contributed by atoms with Gasteiger partial charge in [0.1, 0.15) is 5.37 Å². The van der Waals surface area contributed by atoms with E-state index in [0.717, 1.165) is 30.6 Å². The molecule has 0 bridgehead atoms. The summed E-state index contributed by atoms with van der Waals surface area (Å²) < 4.78 is 5.57. The third-order valence-electron chi connectivity index (χ3n) is 6.56. The number of rotatable bonds is 8. The number of anilines is 1. The summed E-state index contributed by atoms with van der Waals surface area (Å²) in [6.07, 6.45) is 1.99. The number of nitrogens with zero attached hydrogens (tertiary/aromatic N) is 1. The molecule has 0 aromatic heterocycles. The Morgan fingerprint density at radius 1 is 0.946 bits per heavy atom. The predicted molar refractivity (Wildman–Crippen MR) is 144 cm³/mol. The second kappa shape index (κ2) is 11.6. The van der Waals surface area contributed by atoms with Crippen LogP contribution >= 0.6 is 11.8 Å². The van der Waals surface area contributed by atoms with Gasteiger partial charge in [-0.3, -0.25) is 14.4 Å². The van der Waals surface area contributed by atoms with E-state index in [4.69, 9.17) is 4.74 Å². The number of thioether (sulfide) groups is 1. The molecule has 2 heterocycles. The van der Waals surface area contributed by atoms with Crippen molar-refractivity contribution < 1.29 is 19.1 Å². The number of benzene rings is 3. The number of hydrogen-bond donors (Lipinski definition) is 2. The monoisotopic (exact) mass is 515 g/mol. The molecule has 0 saturated carbocycles. The SMILES string of the molecule is O=C(Nc1ccccc1C(=O)NC[C@@H]1CCCO1)c1ccc([C@@H]2SCC(=O)N2Cc2ccccc2)cc1. The summed E-state index contributed by atoms with van der Waals surface area (Å²) in [5.41, 5.74) is 3.38. The van der Waals surface area contributed by atoms with Gasteiger partial charge >= 0.3 is 0 Å². The molecule has 2 aliphatic heterocycles. The molecular formula is C29H29N3O4S. The molecule has 2 atom stereocenters. The van der Waals surface area contributed by atoms with E-state index < -0.39 is 0 Å². The van der Waals surface area contributed by atoms with E-state index >= 15 is 0 Å². The van der Waals surface area contributed by atoms with Crippen molar-refractivity contribution in [3.8, 4) is 0 Å². The molecule has 7 nitrogen and oxygen atoms in total. The Bertz CT molecular complexity index is 1260. The normalized spacial score (nSPS) is 19.1. The summed E-state index contributed by atoms with van der Waals surface area (Å²) in [5.74, 6) is -0.00806. The van der Waals surface area contributed by atoms with Gasteiger partial charge in [-0.25, -0.2) is 0 Å². The largest absolute Gasteiger partial charge is 0.376 e. The standard InChI is InChI=1S/C29H29N3O4S/c33-26-19-37-29(32(26)18-20-7-2-1-3-8-20)22-14-12-21(13-15-22)27(34)31-25-11-5-4-10-24(25)28(35)30-17-23-9-6-16-36-23/h1-5,7-8,10-15,23,29H,6,9,16-19H2,(H,30,35)(H,31,34)/t23-,29-/m0/s1. The minimum Gasteiger partial charge on any atom is -0.376 e. The maximum atomic E-state index is 13.0. The summed E-state index contributed by atoms with van der Waals surface area (Å²) in [6, 6.07) is 24.2. The molecule has 0 radical (unpaired) electrons. The lowest BCUT2D eigenvalue weighted by Gasteiger charge is -2.24. The number of carbonyl (C=O) groups is 3. The van der Waals surface area contributed by atoms with E-state index in [9.17, 15) is 14.4 Å². The molecule has 3 aromatic carbocycles. The Labute approximate surface area is 220 Å². The zero-order valence-electron chi connectivity index (χ0n) is 20.4. The molecule has 5 rings (SSSR count). The van der Waals surface area contributed by atoms with E-state index in [2.05, 4.69) is 10.6 Å². The lowest BCUT2D eigenvalue weighted by atomic mass is 10.1. The van der Waals surface area contributed by atoms with E-state index in [0.29, 0.717) is 35.7 Å². The molecule has 2 saturated heterocycles. The lowest BCUT2D eigenvalue weighted by Crippen LogP contribution is -2.32. The first kappa shape index (κ1) is 25.0. The van der Waals surface area contributed by atoms with Crippen LogP contribution in [0.25, 0.3) is 0 Å². The van der Waals surface area contributed by atoms with Crippen LogP contribution in [-0.4, -0.2) is 47.6 Å². The minimum absolute atomic E-state index is 0.0427. The van der Waals surface area contributed by atoms with Crippen LogP contribution in [0.2, 0.25) is 0 Å². The van der Waals surface area contributed by atoms with Gasteiger partial charge in [0.05, 0.1) is 23.1 Å².